The van der Waals surface area contributed by atoms with E-state index in [4.69, 9.17) is 0 Å². The summed E-state index contributed by atoms with van der Waals surface area (Å²) in [4.78, 5) is 4.01. The molecule has 0 bridgehead atoms. The minimum atomic E-state index is 0.276. The fourth-order valence-corrected chi connectivity index (χ4v) is 2.23. The van der Waals surface area contributed by atoms with Crippen LogP contribution in [0, 0.1) is 0 Å². The zero-order valence-electron chi connectivity index (χ0n) is 12.6. The average Bonchev–Trinajstić information content (AvgIpc) is 2.96. The third-order valence-corrected chi connectivity index (χ3v) is 3.48. The molecule has 108 valence electrons. The van der Waals surface area contributed by atoms with Crippen molar-refractivity contribution in [2.75, 3.05) is 6.54 Å². The van der Waals surface area contributed by atoms with E-state index in [1.54, 1.807) is 12.7 Å². The van der Waals surface area contributed by atoms with Crippen LogP contribution in [-0.4, -0.2) is 21.3 Å². The summed E-state index contributed by atoms with van der Waals surface area (Å²) in [6, 6.07) is 9.17. The van der Waals surface area contributed by atoms with E-state index in [1.807, 2.05) is 4.68 Å². The van der Waals surface area contributed by atoms with Crippen LogP contribution in [0.2, 0.25) is 0 Å². The summed E-state index contributed by atoms with van der Waals surface area (Å²) in [5.74, 6) is 0.571. The molecule has 20 heavy (non-hydrogen) atoms. The Bertz CT molecular complexity index is 488. The zero-order valence-corrected chi connectivity index (χ0v) is 12.6. The predicted octanol–water partition coefficient (Wildman–Crippen LogP) is 3.14. The van der Waals surface area contributed by atoms with Crippen LogP contribution in [0.5, 0.6) is 0 Å². The largest absolute Gasteiger partial charge is 0.308 e. The van der Waals surface area contributed by atoms with Crippen LogP contribution in [0.1, 0.15) is 50.3 Å². The number of hydrogen-bond acceptors (Lipinski definition) is 3. The van der Waals surface area contributed by atoms with Crippen molar-refractivity contribution in [1.29, 1.82) is 0 Å². The Morgan fingerprint density at radius 3 is 2.40 bits per heavy atom. The Morgan fingerprint density at radius 1 is 1.15 bits per heavy atom. The molecule has 4 nitrogen and oxygen atoms in total. The highest BCUT2D eigenvalue weighted by Gasteiger charge is 2.12. The number of hydrogen-bond donors (Lipinski definition) is 1. The van der Waals surface area contributed by atoms with E-state index in [2.05, 4.69) is 60.4 Å². The van der Waals surface area contributed by atoms with Crippen molar-refractivity contribution >= 4 is 0 Å². The van der Waals surface area contributed by atoms with Gasteiger partial charge in [0.15, 0.2) is 0 Å². The van der Waals surface area contributed by atoms with Crippen molar-refractivity contribution in [1.82, 2.24) is 20.1 Å². The second-order valence-electron chi connectivity index (χ2n) is 5.45. The van der Waals surface area contributed by atoms with Gasteiger partial charge in [-0.1, -0.05) is 45.0 Å². The Kier molecular flexibility index (Phi) is 5.30. The van der Waals surface area contributed by atoms with Gasteiger partial charge in [0.05, 0.1) is 12.6 Å². The van der Waals surface area contributed by atoms with E-state index >= 15 is 0 Å². The third kappa shape index (κ3) is 3.90. The lowest BCUT2D eigenvalue weighted by Gasteiger charge is -2.19. The minimum absolute atomic E-state index is 0.276. The summed E-state index contributed by atoms with van der Waals surface area (Å²) >= 11 is 0. The molecular formula is C16H24N4. The number of nitrogens with zero attached hydrogens (tertiary/aromatic N) is 3. The lowest BCUT2D eigenvalue weighted by Crippen LogP contribution is -2.26. The standard InChI is InChI=1S/C16H24N4/c1-4-9-18-16(10-20-12-17-11-19-20)15-7-5-14(6-8-15)13(2)3/h5-8,11-13,16,18H,4,9-10H2,1-3H3. The van der Waals surface area contributed by atoms with Gasteiger partial charge in [0.25, 0.3) is 0 Å². The van der Waals surface area contributed by atoms with Crippen molar-refractivity contribution in [3.63, 3.8) is 0 Å². The van der Waals surface area contributed by atoms with E-state index in [0.29, 0.717) is 5.92 Å². The summed E-state index contributed by atoms with van der Waals surface area (Å²) in [5, 5.41) is 7.79. The fraction of sp³-hybridized carbons (Fsp3) is 0.500. The maximum atomic E-state index is 4.20. The van der Waals surface area contributed by atoms with Gasteiger partial charge in [-0.3, -0.25) is 4.68 Å². The van der Waals surface area contributed by atoms with Gasteiger partial charge in [0.2, 0.25) is 0 Å². The summed E-state index contributed by atoms with van der Waals surface area (Å²) in [5.41, 5.74) is 2.68. The second kappa shape index (κ2) is 7.20. The van der Waals surface area contributed by atoms with Gasteiger partial charge in [-0.15, -0.1) is 0 Å². The van der Waals surface area contributed by atoms with Crippen LogP contribution < -0.4 is 5.32 Å². The normalized spacial score (nSPS) is 12.8. The molecule has 0 radical (unpaired) electrons. The first-order valence-electron chi connectivity index (χ1n) is 7.36. The molecule has 0 aliphatic heterocycles. The molecule has 0 aliphatic rings. The molecule has 1 aromatic carbocycles. The van der Waals surface area contributed by atoms with E-state index in [9.17, 15) is 0 Å². The van der Waals surface area contributed by atoms with Gasteiger partial charge in [0.1, 0.15) is 12.7 Å². The molecule has 4 heteroatoms. The molecule has 1 aromatic heterocycles. The average molecular weight is 272 g/mol. The van der Waals surface area contributed by atoms with Crippen molar-refractivity contribution < 1.29 is 0 Å². The zero-order chi connectivity index (χ0) is 14.4. The van der Waals surface area contributed by atoms with Crippen LogP contribution in [-0.2, 0) is 6.54 Å². The minimum Gasteiger partial charge on any atom is -0.308 e. The Balaban J connectivity index is 2.12. The molecule has 2 rings (SSSR count). The second-order valence-corrected chi connectivity index (χ2v) is 5.45. The van der Waals surface area contributed by atoms with Gasteiger partial charge < -0.3 is 5.32 Å². The monoisotopic (exact) mass is 272 g/mol. The SMILES string of the molecule is CCCNC(Cn1cncn1)c1ccc(C(C)C)cc1. The van der Waals surface area contributed by atoms with Crippen LogP contribution in [0.15, 0.2) is 36.9 Å². The van der Waals surface area contributed by atoms with Gasteiger partial charge >= 0.3 is 0 Å². The molecule has 0 amide bonds. The van der Waals surface area contributed by atoms with E-state index < -0.39 is 0 Å². The Morgan fingerprint density at radius 2 is 1.85 bits per heavy atom. The van der Waals surface area contributed by atoms with Crippen LogP contribution in [0.25, 0.3) is 0 Å². The Hall–Kier alpha value is -1.68. The number of nitrogens with one attached hydrogen (secondary N) is 1. The van der Waals surface area contributed by atoms with E-state index in [0.717, 1.165) is 19.5 Å². The lowest BCUT2D eigenvalue weighted by atomic mass is 9.99. The number of rotatable bonds is 7. The fourth-order valence-electron chi connectivity index (χ4n) is 2.23. The first kappa shape index (κ1) is 14.7. The van der Waals surface area contributed by atoms with Crippen LogP contribution in [0.3, 0.4) is 0 Å². The smallest absolute Gasteiger partial charge is 0.137 e. The van der Waals surface area contributed by atoms with Crippen molar-refractivity contribution in [3.05, 3.63) is 48.0 Å². The molecular weight excluding hydrogens is 248 g/mol. The first-order valence-corrected chi connectivity index (χ1v) is 7.36. The molecule has 1 heterocycles. The predicted molar refractivity (Wildman–Crippen MR) is 81.6 cm³/mol. The molecule has 2 aromatic rings. The molecule has 1 unspecified atom stereocenters. The highest BCUT2D eigenvalue weighted by molar-refractivity contribution is 5.26. The summed E-state index contributed by atoms with van der Waals surface area (Å²) in [6.07, 6.45) is 4.47. The maximum absolute atomic E-state index is 4.20. The van der Waals surface area contributed by atoms with E-state index in [1.165, 1.54) is 11.1 Å². The number of aromatic nitrogens is 3. The highest BCUT2D eigenvalue weighted by atomic mass is 15.3. The van der Waals surface area contributed by atoms with Crippen LogP contribution in [0.4, 0.5) is 0 Å². The quantitative estimate of drug-likeness (QED) is 0.842. The Labute approximate surface area is 121 Å². The highest BCUT2D eigenvalue weighted by Crippen LogP contribution is 2.19. The first-order chi connectivity index (χ1) is 9.70. The number of benzene rings is 1. The summed E-state index contributed by atoms with van der Waals surface area (Å²) in [6.45, 7) is 8.43. The molecule has 1 atom stereocenters. The van der Waals surface area contributed by atoms with Crippen LogP contribution >= 0.6 is 0 Å². The van der Waals surface area contributed by atoms with Crippen molar-refractivity contribution in [2.45, 2.75) is 45.7 Å². The van der Waals surface area contributed by atoms with E-state index in [-0.39, 0.29) is 6.04 Å². The van der Waals surface area contributed by atoms with Gasteiger partial charge in [0, 0.05) is 0 Å². The molecule has 0 saturated carbocycles. The van der Waals surface area contributed by atoms with Crippen molar-refractivity contribution in [3.8, 4) is 0 Å². The maximum Gasteiger partial charge on any atom is 0.137 e. The van der Waals surface area contributed by atoms with Gasteiger partial charge in [-0.05, 0) is 30.0 Å². The molecule has 0 aliphatic carbocycles. The third-order valence-electron chi connectivity index (χ3n) is 3.48. The lowest BCUT2D eigenvalue weighted by molar-refractivity contribution is 0.438. The molecule has 0 spiro atoms. The van der Waals surface area contributed by atoms with Gasteiger partial charge in [-0.2, -0.15) is 5.10 Å². The molecule has 1 N–H and O–H groups in total. The topological polar surface area (TPSA) is 42.7 Å². The van der Waals surface area contributed by atoms with Crippen molar-refractivity contribution in [2.24, 2.45) is 0 Å². The summed E-state index contributed by atoms with van der Waals surface area (Å²) in [7, 11) is 0. The van der Waals surface area contributed by atoms with Gasteiger partial charge in [-0.25, -0.2) is 4.98 Å². The molecule has 0 fully saturated rings. The summed E-state index contributed by atoms with van der Waals surface area (Å²) < 4.78 is 1.88. The molecule has 0 saturated heterocycles.